The van der Waals surface area contributed by atoms with Gasteiger partial charge in [0.1, 0.15) is 0 Å². The maximum atomic E-state index is 13.0. The van der Waals surface area contributed by atoms with Crippen LogP contribution in [0.25, 0.3) is 0 Å². The van der Waals surface area contributed by atoms with E-state index in [9.17, 15) is 23.3 Å². The SMILES string of the molecule is CCC(C)(CCO)Nc1ccc([N+](=O)[O-])cc1C(F)(F)F. The van der Waals surface area contributed by atoms with Crippen molar-refractivity contribution in [3.63, 3.8) is 0 Å². The summed E-state index contributed by atoms with van der Waals surface area (Å²) in [5.41, 5.74) is -2.67. The lowest BCUT2D eigenvalue weighted by Crippen LogP contribution is -2.35. The number of hydrogen-bond donors (Lipinski definition) is 2. The molecule has 2 N–H and O–H groups in total. The number of halogens is 3. The van der Waals surface area contributed by atoms with Crippen LogP contribution in [0.5, 0.6) is 0 Å². The van der Waals surface area contributed by atoms with Crippen molar-refractivity contribution in [2.75, 3.05) is 11.9 Å². The molecule has 0 heterocycles. The molecule has 0 aliphatic rings. The van der Waals surface area contributed by atoms with E-state index in [-0.39, 0.29) is 18.7 Å². The topological polar surface area (TPSA) is 75.4 Å². The summed E-state index contributed by atoms with van der Waals surface area (Å²) in [4.78, 5) is 9.75. The molecule has 0 bridgehead atoms. The normalized spacial score (nSPS) is 14.6. The molecular weight excluding hydrogens is 289 g/mol. The summed E-state index contributed by atoms with van der Waals surface area (Å²) in [5, 5.41) is 22.4. The van der Waals surface area contributed by atoms with Gasteiger partial charge in [-0.25, -0.2) is 0 Å². The standard InChI is InChI=1S/C13H17F3N2O3/c1-3-12(2,6-7-19)17-11-5-4-9(18(20)21)8-10(11)13(14,15)16/h4-5,8,17,19H,3,6-7H2,1-2H3. The van der Waals surface area contributed by atoms with Crippen LogP contribution in [0.2, 0.25) is 0 Å². The Kier molecular flexibility index (Phi) is 5.16. The number of nitro benzene ring substituents is 1. The number of non-ortho nitro benzene ring substituents is 1. The van der Waals surface area contributed by atoms with Crippen LogP contribution in [0.1, 0.15) is 32.3 Å². The van der Waals surface area contributed by atoms with Crippen molar-refractivity contribution in [1.29, 1.82) is 0 Å². The summed E-state index contributed by atoms with van der Waals surface area (Å²) in [6, 6.07) is 2.58. The molecule has 21 heavy (non-hydrogen) atoms. The Morgan fingerprint density at radius 1 is 1.38 bits per heavy atom. The number of nitro groups is 1. The fourth-order valence-corrected chi connectivity index (χ4v) is 1.89. The highest BCUT2D eigenvalue weighted by molar-refractivity contribution is 5.58. The maximum absolute atomic E-state index is 13.0. The van der Waals surface area contributed by atoms with Crippen LogP contribution in [0.4, 0.5) is 24.5 Å². The summed E-state index contributed by atoms with van der Waals surface area (Å²) < 4.78 is 39.1. The highest BCUT2D eigenvalue weighted by Crippen LogP contribution is 2.38. The van der Waals surface area contributed by atoms with Crippen molar-refractivity contribution < 1.29 is 23.2 Å². The largest absolute Gasteiger partial charge is 0.418 e. The molecule has 1 rings (SSSR count). The second kappa shape index (κ2) is 6.30. The second-order valence-corrected chi connectivity index (χ2v) is 5.00. The fraction of sp³-hybridized carbons (Fsp3) is 0.538. The van der Waals surface area contributed by atoms with Gasteiger partial charge in [0, 0.05) is 30.0 Å². The van der Waals surface area contributed by atoms with Crippen LogP contribution in [0.15, 0.2) is 18.2 Å². The van der Waals surface area contributed by atoms with Gasteiger partial charge in [-0.3, -0.25) is 10.1 Å². The summed E-state index contributed by atoms with van der Waals surface area (Å²) in [6.45, 7) is 3.29. The molecule has 5 nitrogen and oxygen atoms in total. The van der Waals surface area contributed by atoms with E-state index in [0.717, 1.165) is 12.1 Å². The first-order valence-corrected chi connectivity index (χ1v) is 6.37. The molecule has 0 fully saturated rings. The molecular formula is C13H17F3N2O3. The monoisotopic (exact) mass is 306 g/mol. The van der Waals surface area contributed by atoms with Crippen molar-refractivity contribution >= 4 is 11.4 Å². The highest BCUT2D eigenvalue weighted by atomic mass is 19.4. The van der Waals surface area contributed by atoms with Gasteiger partial charge in [0.05, 0.1) is 10.5 Å². The average molecular weight is 306 g/mol. The molecule has 0 aliphatic carbocycles. The van der Waals surface area contributed by atoms with E-state index in [0.29, 0.717) is 12.5 Å². The van der Waals surface area contributed by atoms with Crippen molar-refractivity contribution in [3.8, 4) is 0 Å². The molecule has 8 heteroatoms. The Balaban J connectivity index is 3.26. The zero-order valence-corrected chi connectivity index (χ0v) is 11.7. The number of aliphatic hydroxyl groups excluding tert-OH is 1. The number of rotatable bonds is 6. The predicted octanol–water partition coefficient (Wildman–Crippen LogP) is 3.58. The Bertz CT molecular complexity index is 520. The summed E-state index contributed by atoms with van der Waals surface area (Å²) >= 11 is 0. The summed E-state index contributed by atoms with van der Waals surface area (Å²) in [7, 11) is 0. The number of nitrogens with zero attached hydrogens (tertiary/aromatic N) is 1. The third-order valence-corrected chi connectivity index (χ3v) is 3.40. The first-order valence-electron chi connectivity index (χ1n) is 6.37. The molecule has 1 unspecified atom stereocenters. The molecule has 0 amide bonds. The Hall–Kier alpha value is -1.83. The second-order valence-electron chi connectivity index (χ2n) is 5.00. The molecule has 118 valence electrons. The number of anilines is 1. The van der Waals surface area contributed by atoms with Crippen LogP contribution in [0, 0.1) is 10.1 Å². The number of hydrogen-bond acceptors (Lipinski definition) is 4. The van der Waals surface area contributed by atoms with E-state index in [1.807, 2.05) is 0 Å². The Morgan fingerprint density at radius 3 is 2.43 bits per heavy atom. The quantitative estimate of drug-likeness (QED) is 0.622. The molecule has 0 radical (unpaired) electrons. The number of benzene rings is 1. The average Bonchev–Trinajstić information content (AvgIpc) is 2.37. The van der Waals surface area contributed by atoms with Crippen molar-refractivity contribution in [1.82, 2.24) is 0 Å². The lowest BCUT2D eigenvalue weighted by molar-refractivity contribution is -0.385. The molecule has 1 aromatic rings. The van der Waals surface area contributed by atoms with Gasteiger partial charge in [-0.15, -0.1) is 0 Å². The van der Waals surface area contributed by atoms with Gasteiger partial charge in [0.2, 0.25) is 0 Å². The molecule has 0 spiro atoms. The van der Waals surface area contributed by atoms with Crippen molar-refractivity contribution in [3.05, 3.63) is 33.9 Å². The zero-order valence-electron chi connectivity index (χ0n) is 11.7. The molecule has 1 atom stereocenters. The van der Waals surface area contributed by atoms with Gasteiger partial charge in [-0.05, 0) is 25.8 Å². The van der Waals surface area contributed by atoms with Crippen LogP contribution in [-0.4, -0.2) is 22.2 Å². The Morgan fingerprint density at radius 2 is 2.00 bits per heavy atom. The fourth-order valence-electron chi connectivity index (χ4n) is 1.89. The zero-order chi connectivity index (χ0) is 16.3. The highest BCUT2D eigenvalue weighted by Gasteiger charge is 2.36. The van der Waals surface area contributed by atoms with Gasteiger partial charge >= 0.3 is 6.18 Å². The predicted molar refractivity (Wildman–Crippen MR) is 72.1 cm³/mol. The van der Waals surface area contributed by atoms with Crippen LogP contribution >= 0.6 is 0 Å². The van der Waals surface area contributed by atoms with Gasteiger partial charge in [0.25, 0.3) is 5.69 Å². The van der Waals surface area contributed by atoms with E-state index in [1.54, 1.807) is 13.8 Å². The number of alkyl halides is 3. The maximum Gasteiger partial charge on any atom is 0.418 e. The lowest BCUT2D eigenvalue weighted by atomic mass is 9.94. The van der Waals surface area contributed by atoms with Crippen LogP contribution in [-0.2, 0) is 6.18 Å². The third kappa shape index (κ3) is 4.32. The van der Waals surface area contributed by atoms with E-state index >= 15 is 0 Å². The van der Waals surface area contributed by atoms with Gasteiger partial charge < -0.3 is 10.4 Å². The molecule has 0 aromatic heterocycles. The first kappa shape index (κ1) is 17.2. The van der Waals surface area contributed by atoms with E-state index in [4.69, 9.17) is 5.11 Å². The number of aliphatic hydroxyl groups is 1. The number of nitrogens with one attached hydrogen (secondary N) is 1. The summed E-state index contributed by atoms with van der Waals surface area (Å²) in [6.07, 6.45) is -3.96. The summed E-state index contributed by atoms with van der Waals surface area (Å²) in [5.74, 6) is 0. The van der Waals surface area contributed by atoms with Crippen molar-refractivity contribution in [2.45, 2.75) is 38.4 Å². The molecule has 0 aliphatic heterocycles. The van der Waals surface area contributed by atoms with Crippen LogP contribution in [0.3, 0.4) is 0 Å². The first-order chi connectivity index (χ1) is 9.63. The van der Waals surface area contributed by atoms with E-state index in [2.05, 4.69) is 5.32 Å². The molecule has 0 saturated heterocycles. The van der Waals surface area contributed by atoms with Gasteiger partial charge in [0.15, 0.2) is 0 Å². The third-order valence-electron chi connectivity index (χ3n) is 3.40. The smallest absolute Gasteiger partial charge is 0.396 e. The van der Waals surface area contributed by atoms with E-state index in [1.165, 1.54) is 0 Å². The van der Waals surface area contributed by atoms with Gasteiger partial charge in [-0.1, -0.05) is 6.92 Å². The van der Waals surface area contributed by atoms with E-state index < -0.39 is 27.9 Å². The minimum atomic E-state index is -4.71. The molecule has 0 saturated carbocycles. The minimum absolute atomic E-state index is 0.175. The van der Waals surface area contributed by atoms with Gasteiger partial charge in [-0.2, -0.15) is 13.2 Å². The van der Waals surface area contributed by atoms with Crippen LogP contribution < -0.4 is 5.32 Å². The lowest BCUT2D eigenvalue weighted by Gasteiger charge is -2.31. The van der Waals surface area contributed by atoms with Crippen molar-refractivity contribution in [2.24, 2.45) is 0 Å². The Labute approximate surface area is 119 Å². The molecule has 1 aromatic carbocycles. The minimum Gasteiger partial charge on any atom is -0.396 e.